The van der Waals surface area contributed by atoms with Gasteiger partial charge in [0.15, 0.2) is 0 Å². The van der Waals surface area contributed by atoms with Crippen LogP contribution in [-0.2, 0) is 4.74 Å². The van der Waals surface area contributed by atoms with E-state index in [0.717, 1.165) is 29.4 Å². The maximum Gasteiger partial charge on any atom is 0.337 e. The standard InChI is InChI=1S/C25H26F2N2O3/c1-14-10-18(15(2)28-21-8-4-3-7-17(21)25(30)31)20-12-19(16-6-5-9-32-13-16)23(24(26)27)29-22(20)11-14/h3-4,7-8,10-12,15-16,24,28H,5-6,9,13H2,1-2H3,(H,30,31)/t15-,16+/m1/s1. The Morgan fingerprint density at radius 1 is 1.25 bits per heavy atom. The van der Waals surface area contributed by atoms with Crippen molar-refractivity contribution in [1.29, 1.82) is 0 Å². The number of aromatic nitrogens is 1. The third kappa shape index (κ3) is 4.43. The molecule has 2 heterocycles. The summed E-state index contributed by atoms with van der Waals surface area (Å²) in [7, 11) is 0. The van der Waals surface area contributed by atoms with Crippen LogP contribution in [-0.4, -0.2) is 29.3 Å². The number of halogens is 2. The van der Waals surface area contributed by atoms with Crippen LogP contribution >= 0.6 is 0 Å². The van der Waals surface area contributed by atoms with Gasteiger partial charge in [0.2, 0.25) is 0 Å². The fourth-order valence-electron chi connectivity index (χ4n) is 4.43. The summed E-state index contributed by atoms with van der Waals surface area (Å²) in [6.45, 7) is 4.88. The lowest BCUT2D eigenvalue weighted by molar-refractivity contribution is 0.0697. The number of para-hydroxylation sites is 1. The van der Waals surface area contributed by atoms with E-state index in [9.17, 15) is 18.7 Å². The number of nitrogens with zero attached hydrogens (tertiary/aromatic N) is 1. The number of aryl methyl sites for hydroxylation is 1. The number of aromatic carboxylic acids is 1. The summed E-state index contributed by atoms with van der Waals surface area (Å²) >= 11 is 0. The third-order valence-corrected chi connectivity index (χ3v) is 5.97. The number of ether oxygens (including phenoxy) is 1. The van der Waals surface area contributed by atoms with E-state index >= 15 is 0 Å². The Hall–Kier alpha value is -3.06. The summed E-state index contributed by atoms with van der Waals surface area (Å²) in [6, 6.07) is 12.1. The lowest BCUT2D eigenvalue weighted by Gasteiger charge is -2.26. The number of fused-ring (bicyclic) bond motifs is 1. The Morgan fingerprint density at radius 3 is 2.72 bits per heavy atom. The number of anilines is 1. The van der Waals surface area contributed by atoms with Crippen molar-refractivity contribution in [2.75, 3.05) is 18.5 Å². The molecular formula is C25H26F2N2O3. The molecule has 5 nitrogen and oxygen atoms in total. The van der Waals surface area contributed by atoms with Gasteiger partial charge in [-0.25, -0.2) is 18.6 Å². The van der Waals surface area contributed by atoms with Gasteiger partial charge in [-0.2, -0.15) is 0 Å². The van der Waals surface area contributed by atoms with Crippen LogP contribution in [0.5, 0.6) is 0 Å². The van der Waals surface area contributed by atoms with Crippen molar-refractivity contribution in [1.82, 2.24) is 4.98 Å². The molecule has 0 aliphatic carbocycles. The highest BCUT2D eigenvalue weighted by atomic mass is 19.3. The molecule has 1 fully saturated rings. The Labute approximate surface area is 185 Å². The van der Waals surface area contributed by atoms with Gasteiger partial charge in [-0.05, 0) is 67.6 Å². The number of rotatable bonds is 6. The summed E-state index contributed by atoms with van der Waals surface area (Å²) in [6.07, 6.45) is -1.05. The molecule has 2 aromatic carbocycles. The smallest absolute Gasteiger partial charge is 0.337 e. The number of alkyl halides is 2. The second-order valence-electron chi connectivity index (χ2n) is 8.32. The fourth-order valence-corrected chi connectivity index (χ4v) is 4.43. The lowest BCUT2D eigenvalue weighted by Crippen LogP contribution is -2.18. The minimum atomic E-state index is -2.67. The molecule has 2 atom stereocenters. The van der Waals surface area contributed by atoms with Crippen molar-refractivity contribution in [3.05, 3.63) is 70.4 Å². The molecule has 3 aromatic rings. The SMILES string of the molecule is Cc1cc([C@@H](C)Nc2ccccc2C(=O)O)c2cc([C@H]3CCCOC3)c(C(F)F)nc2c1. The average molecular weight is 440 g/mol. The maximum atomic E-state index is 13.9. The largest absolute Gasteiger partial charge is 0.478 e. The quantitative estimate of drug-likeness (QED) is 0.474. The van der Waals surface area contributed by atoms with Gasteiger partial charge in [0.1, 0.15) is 5.69 Å². The number of hydrogen-bond donors (Lipinski definition) is 2. The van der Waals surface area contributed by atoms with Crippen molar-refractivity contribution >= 4 is 22.6 Å². The Morgan fingerprint density at radius 2 is 2.03 bits per heavy atom. The molecule has 0 radical (unpaired) electrons. The highest BCUT2D eigenvalue weighted by Gasteiger charge is 2.26. The molecule has 1 aliphatic heterocycles. The number of hydrogen-bond acceptors (Lipinski definition) is 4. The van der Waals surface area contributed by atoms with Crippen LogP contribution < -0.4 is 5.32 Å². The Kier molecular flexibility index (Phi) is 6.37. The van der Waals surface area contributed by atoms with E-state index in [1.54, 1.807) is 24.3 Å². The number of benzene rings is 2. The maximum absolute atomic E-state index is 13.9. The topological polar surface area (TPSA) is 71.5 Å². The van der Waals surface area contributed by atoms with Crippen molar-refractivity contribution in [2.45, 2.75) is 45.1 Å². The van der Waals surface area contributed by atoms with E-state index in [1.807, 2.05) is 32.0 Å². The van der Waals surface area contributed by atoms with E-state index in [1.165, 1.54) is 0 Å². The molecule has 1 saturated heterocycles. The molecule has 1 aliphatic rings. The first-order chi connectivity index (χ1) is 15.3. The molecule has 7 heteroatoms. The van der Waals surface area contributed by atoms with Crippen LogP contribution in [0.4, 0.5) is 14.5 Å². The minimum Gasteiger partial charge on any atom is -0.478 e. The second-order valence-corrected chi connectivity index (χ2v) is 8.32. The molecular weight excluding hydrogens is 414 g/mol. The number of carbonyl (C=O) groups is 1. The summed E-state index contributed by atoms with van der Waals surface area (Å²) in [4.78, 5) is 16.0. The number of nitrogens with one attached hydrogen (secondary N) is 1. The fraction of sp³-hybridized carbons (Fsp3) is 0.360. The number of carboxylic acids is 1. The van der Waals surface area contributed by atoms with Gasteiger partial charge in [-0.1, -0.05) is 18.2 Å². The van der Waals surface area contributed by atoms with Crippen LogP contribution in [0, 0.1) is 6.92 Å². The molecule has 2 N–H and O–H groups in total. The zero-order chi connectivity index (χ0) is 22.8. The van der Waals surface area contributed by atoms with E-state index in [4.69, 9.17) is 4.74 Å². The van der Waals surface area contributed by atoms with E-state index < -0.39 is 12.4 Å². The predicted octanol–water partition coefficient (Wildman–Crippen LogP) is 6.25. The van der Waals surface area contributed by atoms with Crippen LogP contribution in [0.3, 0.4) is 0 Å². The zero-order valence-electron chi connectivity index (χ0n) is 18.1. The minimum absolute atomic E-state index is 0.116. The molecule has 0 amide bonds. The lowest BCUT2D eigenvalue weighted by atomic mass is 9.89. The van der Waals surface area contributed by atoms with Crippen LogP contribution in [0.15, 0.2) is 42.5 Å². The van der Waals surface area contributed by atoms with Crippen molar-refractivity contribution in [3.8, 4) is 0 Å². The first-order valence-electron chi connectivity index (χ1n) is 10.7. The third-order valence-electron chi connectivity index (χ3n) is 5.97. The van der Waals surface area contributed by atoms with Crippen molar-refractivity contribution in [3.63, 3.8) is 0 Å². The van der Waals surface area contributed by atoms with Gasteiger partial charge < -0.3 is 15.2 Å². The molecule has 0 spiro atoms. The first kappa shape index (κ1) is 22.1. The van der Waals surface area contributed by atoms with Gasteiger partial charge >= 0.3 is 5.97 Å². The van der Waals surface area contributed by atoms with Gasteiger partial charge in [-0.3, -0.25) is 0 Å². The molecule has 168 valence electrons. The highest BCUT2D eigenvalue weighted by molar-refractivity contribution is 5.94. The summed E-state index contributed by atoms with van der Waals surface area (Å²) in [5.41, 5.74) is 3.32. The van der Waals surface area contributed by atoms with Crippen LogP contribution in [0.25, 0.3) is 10.9 Å². The zero-order valence-corrected chi connectivity index (χ0v) is 18.1. The van der Waals surface area contributed by atoms with E-state index in [0.29, 0.717) is 30.0 Å². The average Bonchev–Trinajstić information content (AvgIpc) is 2.78. The molecule has 4 rings (SSSR count). The Balaban J connectivity index is 1.81. The van der Waals surface area contributed by atoms with Crippen LogP contribution in [0.2, 0.25) is 0 Å². The van der Waals surface area contributed by atoms with Gasteiger partial charge in [-0.15, -0.1) is 0 Å². The first-order valence-corrected chi connectivity index (χ1v) is 10.7. The molecule has 0 bridgehead atoms. The molecule has 32 heavy (non-hydrogen) atoms. The summed E-state index contributed by atoms with van der Waals surface area (Å²) in [5, 5.41) is 13.6. The van der Waals surface area contributed by atoms with E-state index in [-0.39, 0.29) is 23.2 Å². The second kappa shape index (κ2) is 9.20. The normalized spacial score (nSPS) is 17.5. The summed E-state index contributed by atoms with van der Waals surface area (Å²) < 4.78 is 33.4. The Bertz CT molecular complexity index is 1140. The van der Waals surface area contributed by atoms with Crippen LogP contribution in [0.1, 0.15) is 70.9 Å². The number of pyridine rings is 1. The van der Waals surface area contributed by atoms with Crippen molar-refractivity contribution < 1.29 is 23.4 Å². The molecule has 0 saturated carbocycles. The molecule has 0 unspecified atom stereocenters. The van der Waals surface area contributed by atoms with Gasteiger partial charge in [0.05, 0.1) is 17.7 Å². The monoisotopic (exact) mass is 440 g/mol. The highest BCUT2D eigenvalue weighted by Crippen LogP contribution is 2.37. The molecule has 1 aromatic heterocycles. The van der Waals surface area contributed by atoms with Gasteiger partial charge in [0, 0.05) is 29.6 Å². The summed E-state index contributed by atoms with van der Waals surface area (Å²) in [5.74, 6) is -1.13. The number of carboxylic acid groups (broad SMARTS) is 1. The van der Waals surface area contributed by atoms with E-state index in [2.05, 4.69) is 10.3 Å². The predicted molar refractivity (Wildman–Crippen MR) is 120 cm³/mol. The van der Waals surface area contributed by atoms with Crippen molar-refractivity contribution in [2.24, 2.45) is 0 Å². The van der Waals surface area contributed by atoms with Gasteiger partial charge in [0.25, 0.3) is 6.43 Å².